The van der Waals surface area contributed by atoms with Gasteiger partial charge in [0.1, 0.15) is 11.8 Å². The average molecular weight is 457 g/mol. The number of H-pyrrole nitrogens is 2. The Morgan fingerprint density at radius 3 is 2.76 bits per heavy atom. The van der Waals surface area contributed by atoms with Crippen molar-refractivity contribution in [2.24, 2.45) is 0 Å². The molecule has 3 amide bonds. The maximum absolute atomic E-state index is 12.9. The summed E-state index contributed by atoms with van der Waals surface area (Å²) in [6.45, 7) is 5.89. The van der Waals surface area contributed by atoms with Crippen molar-refractivity contribution in [1.29, 1.82) is 0 Å². The molecule has 1 saturated heterocycles. The zero-order chi connectivity index (χ0) is 23.2. The number of fused-ring (bicyclic) bond motifs is 1. The first kappa shape index (κ1) is 22.4. The summed E-state index contributed by atoms with van der Waals surface area (Å²) < 4.78 is 0. The van der Waals surface area contributed by atoms with E-state index in [-0.39, 0.29) is 5.82 Å². The Morgan fingerprint density at radius 2 is 2.00 bits per heavy atom. The maximum Gasteiger partial charge on any atom is 0.316 e. The van der Waals surface area contributed by atoms with Crippen LogP contribution in [0.3, 0.4) is 0 Å². The number of imidazole rings is 1. The molecule has 1 fully saturated rings. The first-order chi connectivity index (χ1) is 16.0. The van der Waals surface area contributed by atoms with Gasteiger partial charge in [-0.1, -0.05) is 13.3 Å². The van der Waals surface area contributed by atoms with Crippen LogP contribution in [0.5, 0.6) is 0 Å². The number of hydrogen-bond acceptors (Lipinski definition) is 9. The number of carbonyl (C=O) groups is 2. The van der Waals surface area contributed by atoms with Crippen molar-refractivity contribution in [3.05, 3.63) is 24.2 Å². The topological polar surface area (TPSA) is 173 Å². The van der Waals surface area contributed by atoms with E-state index in [1.54, 1.807) is 6.20 Å². The third kappa shape index (κ3) is 5.52. The minimum Gasteiger partial charge on any atom is -0.338 e. The molecule has 4 heterocycles. The average Bonchev–Trinajstić information content (AvgIpc) is 3.47. The Morgan fingerprint density at radius 1 is 1.18 bits per heavy atom. The van der Waals surface area contributed by atoms with Crippen LogP contribution in [-0.2, 0) is 0 Å². The number of unbranched alkanes of at least 4 members (excludes halogenated alkanes) is 1. The number of aromatic nitrogens is 7. The van der Waals surface area contributed by atoms with E-state index >= 15 is 0 Å². The highest BCUT2D eigenvalue weighted by molar-refractivity contribution is 5.91. The van der Waals surface area contributed by atoms with E-state index < -0.39 is 18.1 Å². The zero-order valence-corrected chi connectivity index (χ0v) is 18.6. The predicted molar refractivity (Wildman–Crippen MR) is 119 cm³/mol. The number of carbonyl (C=O) groups excluding carboxylic acids is 2. The van der Waals surface area contributed by atoms with Gasteiger partial charge in [0.2, 0.25) is 11.8 Å². The van der Waals surface area contributed by atoms with Crippen molar-refractivity contribution >= 4 is 29.1 Å². The van der Waals surface area contributed by atoms with Crippen molar-refractivity contribution in [3.8, 4) is 0 Å². The second-order valence-corrected chi connectivity index (χ2v) is 7.82. The largest absolute Gasteiger partial charge is 0.338 e. The molecular formula is C19H28N12O2. The fourth-order valence-corrected chi connectivity index (χ4v) is 3.35. The summed E-state index contributed by atoms with van der Waals surface area (Å²) in [5.74, 6) is 0.281. The van der Waals surface area contributed by atoms with Crippen LogP contribution in [0.1, 0.15) is 42.4 Å². The molecule has 5 N–H and O–H groups in total. The molecular weight excluding hydrogens is 428 g/mol. The Bertz CT molecular complexity index is 1050. The molecule has 1 aliphatic heterocycles. The normalized spacial score (nSPS) is 15.4. The van der Waals surface area contributed by atoms with Gasteiger partial charge < -0.3 is 30.7 Å². The number of nitrogens with zero attached hydrogens (tertiary/aromatic N) is 7. The van der Waals surface area contributed by atoms with E-state index in [4.69, 9.17) is 0 Å². The van der Waals surface area contributed by atoms with Crippen molar-refractivity contribution in [3.63, 3.8) is 0 Å². The Hall–Kier alpha value is -3.81. The van der Waals surface area contributed by atoms with Crippen LogP contribution >= 0.6 is 0 Å². The third-order valence-electron chi connectivity index (χ3n) is 5.30. The fraction of sp³-hybridized carbons (Fsp3) is 0.526. The maximum atomic E-state index is 12.9. The molecule has 0 aliphatic carbocycles. The van der Waals surface area contributed by atoms with Gasteiger partial charge in [-0.3, -0.25) is 9.89 Å². The highest BCUT2D eigenvalue weighted by Gasteiger charge is 2.25. The molecule has 14 nitrogen and oxygen atoms in total. The van der Waals surface area contributed by atoms with Crippen LogP contribution < -0.4 is 20.9 Å². The van der Waals surface area contributed by atoms with Gasteiger partial charge in [-0.25, -0.2) is 19.7 Å². The van der Waals surface area contributed by atoms with Gasteiger partial charge in [0.05, 0.1) is 6.20 Å². The zero-order valence-electron chi connectivity index (χ0n) is 18.6. The number of anilines is 1. The molecule has 1 atom stereocenters. The van der Waals surface area contributed by atoms with E-state index in [2.05, 4.69) is 63.0 Å². The molecule has 1 unspecified atom stereocenters. The van der Waals surface area contributed by atoms with Gasteiger partial charge in [-0.2, -0.15) is 4.98 Å². The van der Waals surface area contributed by atoms with Gasteiger partial charge >= 0.3 is 6.03 Å². The van der Waals surface area contributed by atoms with Crippen LogP contribution in [0.15, 0.2) is 12.5 Å². The minimum atomic E-state index is -0.953. The number of piperazine rings is 1. The molecule has 0 bridgehead atoms. The Labute approximate surface area is 190 Å². The summed E-state index contributed by atoms with van der Waals surface area (Å²) in [5, 5.41) is 15.1. The molecule has 4 rings (SSSR count). The number of urea groups is 1. The molecule has 3 aromatic rings. The summed E-state index contributed by atoms with van der Waals surface area (Å²) in [6.07, 6.45) is 3.78. The number of hydrogen-bond donors (Lipinski definition) is 5. The van der Waals surface area contributed by atoms with Crippen LogP contribution in [0, 0.1) is 0 Å². The molecule has 0 radical (unpaired) electrons. The van der Waals surface area contributed by atoms with Gasteiger partial charge in [-0.05, 0) is 13.5 Å². The number of rotatable bonds is 8. The summed E-state index contributed by atoms with van der Waals surface area (Å²) >= 11 is 0. The highest BCUT2D eigenvalue weighted by atomic mass is 16.2. The van der Waals surface area contributed by atoms with E-state index in [9.17, 15) is 9.59 Å². The van der Waals surface area contributed by atoms with Crippen molar-refractivity contribution in [2.75, 3.05) is 44.7 Å². The van der Waals surface area contributed by atoms with Crippen molar-refractivity contribution < 1.29 is 9.59 Å². The van der Waals surface area contributed by atoms with Crippen molar-refractivity contribution in [1.82, 2.24) is 56.0 Å². The van der Waals surface area contributed by atoms with Gasteiger partial charge in [-0.15, -0.1) is 5.10 Å². The number of nitrogens with one attached hydrogen (secondary N) is 5. The quantitative estimate of drug-likeness (QED) is 0.226. The lowest BCUT2D eigenvalue weighted by Crippen LogP contribution is -2.46. The van der Waals surface area contributed by atoms with E-state index in [0.29, 0.717) is 29.5 Å². The fourth-order valence-electron chi connectivity index (χ4n) is 3.35. The second-order valence-electron chi connectivity index (χ2n) is 7.82. The molecule has 176 valence electrons. The summed E-state index contributed by atoms with van der Waals surface area (Å²) in [5.41, 5.74) is 1.00. The molecule has 1 aliphatic rings. The molecule has 0 saturated carbocycles. The monoisotopic (exact) mass is 456 g/mol. The molecule has 33 heavy (non-hydrogen) atoms. The molecule has 0 aromatic carbocycles. The second kappa shape index (κ2) is 10.2. The lowest BCUT2D eigenvalue weighted by Gasteiger charge is -2.31. The minimum absolute atomic E-state index is 0.0398. The van der Waals surface area contributed by atoms with Gasteiger partial charge in [0.15, 0.2) is 17.6 Å². The summed E-state index contributed by atoms with van der Waals surface area (Å²) in [6, 6.07) is -0.434. The first-order valence-corrected chi connectivity index (χ1v) is 10.9. The van der Waals surface area contributed by atoms with Crippen LogP contribution in [-0.4, -0.2) is 91.7 Å². The van der Waals surface area contributed by atoms with Crippen LogP contribution in [0.2, 0.25) is 0 Å². The lowest BCUT2D eigenvalue weighted by atomic mass is 10.3. The van der Waals surface area contributed by atoms with E-state index in [1.165, 1.54) is 6.33 Å². The van der Waals surface area contributed by atoms with Gasteiger partial charge in [0.25, 0.3) is 5.91 Å². The predicted octanol–water partition coefficient (Wildman–Crippen LogP) is -0.249. The molecule has 3 aromatic heterocycles. The van der Waals surface area contributed by atoms with Gasteiger partial charge in [0, 0.05) is 32.7 Å². The molecule has 0 spiro atoms. The van der Waals surface area contributed by atoms with Crippen LogP contribution in [0.4, 0.5) is 10.7 Å². The first-order valence-electron chi connectivity index (χ1n) is 10.9. The standard InChI is InChI=1S/C19H28N12O2/c1-3-4-5-21-19(33)27-15(14-23-12-10-20-11-22-13(12)24-14)25-17(32)16-26-18(29-28-16)31-8-6-30(2)7-9-31/h10-11,15H,3-9H2,1-2H3,(H,25,32)(H2,21,27,33)(H,26,28,29)(H,20,22,23,24). The van der Waals surface area contributed by atoms with E-state index in [0.717, 1.165) is 39.0 Å². The lowest BCUT2D eigenvalue weighted by molar-refractivity contribution is 0.0919. The Balaban J connectivity index is 1.48. The highest BCUT2D eigenvalue weighted by Crippen LogP contribution is 2.14. The summed E-state index contributed by atoms with van der Waals surface area (Å²) in [7, 11) is 2.06. The SMILES string of the molecule is CCCCNC(=O)NC(NC(=O)c1nc(N2CCN(C)CC2)n[nH]1)c1nc2ncncc2[nH]1. The number of aromatic amines is 2. The van der Waals surface area contributed by atoms with Crippen molar-refractivity contribution in [2.45, 2.75) is 25.9 Å². The molecule has 14 heteroatoms. The third-order valence-corrected chi connectivity index (χ3v) is 5.30. The van der Waals surface area contributed by atoms with Crippen LogP contribution in [0.25, 0.3) is 11.2 Å². The summed E-state index contributed by atoms with van der Waals surface area (Å²) in [4.78, 5) is 49.3. The number of likely N-dealkylation sites (N-methyl/N-ethyl adjacent to an activating group) is 1. The Kier molecular flexibility index (Phi) is 6.92. The van der Waals surface area contributed by atoms with E-state index in [1.807, 2.05) is 11.8 Å². The smallest absolute Gasteiger partial charge is 0.316 e. The number of amides is 3.